The zero-order chi connectivity index (χ0) is 22.7. The molecule has 9 heteroatoms. The van der Waals surface area contributed by atoms with E-state index >= 15 is 0 Å². The van der Waals surface area contributed by atoms with E-state index in [1.54, 1.807) is 27.6 Å². The molecule has 0 spiro atoms. The van der Waals surface area contributed by atoms with E-state index in [0.717, 1.165) is 23.7 Å². The number of carbonyl (C=O) groups excluding carboxylic acids is 2. The summed E-state index contributed by atoms with van der Waals surface area (Å²) in [6.45, 7) is 9.19. The maximum absolute atomic E-state index is 12.8. The Kier molecular flexibility index (Phi) is 7.30. The normalized spacial score (nSPS) is 15.5. The molecule has 4 rings (SSSR count). The molecule has 0 saturated carbocycles. The predicted octanol–water partition coefficient (Wildman–Crippen LogP) is 5.60. The molecule has 3 aromatic rings. The maximum Gasteiger partial charge on any atom is 0.409 e. The molecule has 1 aliphatic rings. The molecule has 4 heterocycles. The summed E-state index contributed by atoms with van der Waals surface area (Å²) in [4.78, 5) is 31.1. The van der Waals surface area contributed by atoms with Crippen molar-refractivity contribution >= 4 is 51.0 Å². The Morgan fingerprint density at radius 3 is 2.56 bits per heavy atom. The van der Waals surface area contributed by atoms with Gasteiger partial charge in [-0.1, -0.05) is 6.07 Å². The lowest BCUT2D eigenvalue weighted by Crippen LogP contribution is -2.50. The molecule has 1 aliphatic heterocycles. The van der Waals surface area contributed by atoms with E-state index < -0.39 is 0 Å². The smallest absolute Gasteiger partial charge is 0.409 e. The van der Waals surface area contributed by atoms with Gasteiger partial charge in [0.2, 0.25) is 0 Å². The second-order valence-electron chi connectivity index (χ2n) is 7.64. The van der Waals surface area contributed by atoms with Crippen molar-refractivity contribution in [3.8, 4) is 0 Å². The van der Waals surface area contributed by atoms with Crippen LogP contribution in [0.2, 0.25) is 0 Å². The van der Waals surface area contributed by atoms with Crippen molar-refractivity contribution in [2.45, 2.75) is 26.8 Å². The van der Waals surface area contributed by atoms with Gasteiger partial charge in [-0.05, 0) is 60.2 Å². The molecular formula is C23H27N3O3S3. The van der Waals surface area contributed by atoms with Gasteiger partial charge in [0.25, 0.3) is 5.91 Å². The van der Waals surface area contributed by atoms with Crippen LogP contribution in [0, 0.1) is 13.8 Å². The predicted molar refractivity (Wildman–Crippen MR) is 132 cm³/mol. The molecule has 3 aromatic heterocycles. The van der Waals surface area contributed by atoms with Crippen molar-refractivity contribution in [2.75, 3.05) is 38.1 Å². The van der Waals surface area contributed by atoms with Gasteiger partial charge in [-0.15, -0.1) is 22.7 Å². The van der Waals surface area contributed by atoms with E-state index in [4.69, 9.17) is 4.74 Å². The van der Waals surface area contributed by atoms with E-state index in [9.17, 15) is 9.59 Å². The lowest BCUT2D eigenvalue weighted by Gasteiger charge is -2.39. The van der Waals surface area contributed by atoms with Crippen molar-refractivity contribution in [2.24, 2.45) is 0 Å². The third-order valence-electron chi connectivity index (χ3n) is 5.74. The number of ether oxygens (including phenoxy) is 1. The summed E-state index contributed by atoms with van der Waals surface area (Å²) in [5.41, 5.74) is 3.58. The lowest BCUT2D eigenvalue weighted by molar-refractivity contribution is 0.0715. The quantitative estimate of drug-likeness (QED) is 0.489. The maximum atomic E-state index is 12.8. The molecule has 2 amide bonds. The monoisotopic (exact) mass is 489 g/mol. The summed E-state index contributed by atoms with van der Waals surface area (Å²) in [6, 6.07) is 5.92. The summed E-state index contributed by atoms with van der Waals surface area (Å²) < 4.78 is 5.18. The summed E-state index contributed by atoms with van der Waals surface area (Å²) in [5.74, 6) is -0.0706. The minimum Gasteiger partial charge on any atom is -0.450 e. The van der Waals surface area contributed by atoms with Gasteiger partial charge in [0.05, 0.1) is 17.5 Å². The number of nitrogens with one attached hydrogen (secondary N) is 1. The fourth-order valence-electron chi connectivity index (χ4n) is 4.01. The first-order valence-electron chi connectivity index (χ1n) is 10.6. The van der Waals surface area contributed by atoms with Crippen LogP contribution in [0.3, 0.4) is 0 Å². The first kappa shape index (κ1) is 23.0. The number of amides is 2. The van der Waals surface area contributed by atoms with Gasteiger partial charge in [0, 0.05) is 36.6 Å². The first-order valence-corrected chi connectivity index (χ1v) is 13.3. The molecule has 0 radical (unpaired) electrons. The number of anilines is 1. The van der Waals surface area contributed by atoms with Gasteiger partial charge in [-0.2, -0.15) is 11.3 Å². The number of aryl methyl sites for hydroxylation is 1. The van der Waals surface area contributed by atoms with E-state index in [2.05, 4.69) is 40.9 Å². The third-order valence-corrected chi connectivity index (χ3v) is 8.45. The number of hydrogen-bond acceptors (Lipinski definition) is 7. The van der Waals surface area contributed by atoms with E-state index in [1.807, 2.05) is 24.4 Å². The summed E-state index contributed by atoms with van der Waals surface area (Å²) in [6.07, 6.45) is -0.245. The Labute approximate surface area is 200 Å². The lowest BCUT2D eigenvalue weighted by atomic mass is 9.96. The van der Waals surface area contributed by atoms with Crippen LogP contribution in [0.25, 0.3) is 0 Å². The topological polar surface area (TPSA) is 61.9 Å². The molecule has 0 bridgehead atoms. The number of piperazine rings is 1. The van der Waals surface area contributed by atoms with Gasteiger partial charge in [-0.3, -0.25) is 9.69 Å². The minimum absolute atomic E-state index is 0.0224. The summed E-state index contributed by atoms with van der Waals surface area (Å²) in [7, 11) is 0. The zero-order valence-corrected chi connectivity index (χ0v) is 20.9. The number of nitrogens with zero attached hydrogens (tertiary/aromatic N) is 2. The minimum atomic E-state index is -0.245. The molecule has 0 aromatic carbocycles. The number of thiophene rings is 3. The Morgan fingerprint density at radius 2 is 1.94 bits per heavy atom. The fourth-order valence-corrected chi connectivity index (χ4v) is 6.39. The molecule has 1 unspecified atom stereocenters. The molecule has 0 aliphatic carbocycles. The molecule has 32 heavy (non-hydrogen) atoms. The first-order chi connectivity index (χ1) is 15.5. The number of carbonyl (C=O) groups is 2. The number of rotatable bonds is 6. The van der Waals surface area contributed by atoms with Crippen molar-refractivity contribution in [3.05, 3.63) is 60.8 Å². The molecule has 170 valence electrons. The highest BCUT2D eigenvalue weighted by Crippen LogP contribution is 2.43. The Bertz CT molecular complexity index is 1050. The molecule has 1 fully saturated rings. The summed E-state index contributed by atoms with van der Waals surface area (Å²) in [5, 5.41) is 10.3. The van der Waals surface area contributed by atoms with E-state index in [1.165, 1.54) is 27.3 Å². The second kappa shape index (κ2) is 10.2. The summed E-state index contributed by atoms with van der Waals surface area (Å²) >= 11 is 4.75. The molecule has 1 saturated heterocycles. The van der Waals surface area contributed by atoms with Crippen LogP contribution in [0.4, 0.5) is 9.80 Å². The average molecular weight is 490 g/mol. The van der Waals surface area contributed by atoms with Crippen LogP contribution < -0.4 is 5.32 Å². The standard InChI is InChI=1S/C23H27N3O3S3/c1-4-29-23(28)26-10-8-25(9-11-26)20(17-7-13-30-14-17)19-15(2)16(3)32-22(19)24-21(27)18-6-5-12-31-18/h5-7,12-14,20H,4,8-11H2,1-3H3,(H,24,27). The van der Waals surface area contributed by atoms with Crippen LogP contribution in [0.1, 0.15) is 44.2 Å². The highest BCUT2D eigenvalue weighted by Gasteiger charge is 2.33. The fraction of sp³-hybridized carbons (Fsp3) is 0.391. The van der Waals surface area contributed by atoms with Gasteiger partial charge < -0.3 is 15.0 Å². The Hall–Kier alpha value is -2.20. The molecule has 1 atom stereocenters. The SMILES string of the molecule is CCOC(=O)N1CCN(C(c2ccsc2)c2c(NC(=O)c3cccs3)sc(C)c2C)CC1. The molecular weight excluding hydrogens is 462 g/mol. The largest absolute Gasteiger partial charge is 0.450 e. The van der Waals surface area contributed by atoms with Crippen LogP contribution in [-0.2, 0) is 4.74 Å². The zero-order valence-electron chi connectivity index (χ0n) is 18.4. The molecule has 6 nitrogen and oxygen atoms in total. The van der Waals surface area contributed by atoms with Crippen molar-refractivity contribution in [1.29, 1.82) is 0 Å². The van der Waals surface area contributed by atoms with Crippen molar-refractivity contribution < 1.29 is 14.3 Å². The molecule has 1 N–H and O–H groups in total. The number of hydrogen-bond donors (Lipinski definition) is 1. The average Bonchev–Trinajstić information content (AvgIpc) is 3.55. The Morgan fingerprint density at radius 1 is 1.16 bits per heavy atom. The highest BCUT2D eigenvalue weighted by atomic mass is 32.1. The van der Waals surface area contributed by atoms with Crippen LogP contribution in [0.15, 0.2) is 34.3 Å². The third kappa shape index (κ3) is 4.76. The van der Waals surface area contributed by atoms with E-state index in [0.29, 0.717) is 24.6 Å². The van der Waals surface area contributed by atoms with Crippen molar-refractivity contribution in [1.82, 2.24) is 9.80 Å². The van der Waals surface area contributed by atoms with Crippen LogP contribution in [0.5, 0.6) is 0 Å². The Balaban J connectivity index is 1.64. The van der Waals surface area contributed by atoms with Gasteiger partial charge >= 0.3 is 6.09 Å². The highest BCUT2D eigenvalue weighted by molar-refractivity contribution is 7.17. The van der Waals surface area contributed by atoms with Gasteiger partial charge in [0.15, 0.2) is 0 Å². The van der Waals surface area contributed by atoms with Gasteiger partial charge in [-0.25, -0.2) is 4.79 Å². The van der Waals surface area contributed by atoms with Gasteiger partial charge in [0.1, 0.15) is 5.00 Å². The van der Waals surface area contributed by atoms with Crippen molar-refractivity contribution in [3.63, 3.8) is 0 Å². The van der Waals surface area contributed by atoms with Crippen LogP contribution in [-0.4, -0.2) is 54.6 Å². The van der Waals surface area contributed by atoms with Crippen LogP contribution >= 0.6 is 34.0 Å². The second-order valence-corrected chi connectivity index (χ2v) is 10.6. The van der Waals surface area contributed by atoms with E-state index in [-0.39, 0.29) is 18.0 Å².